The quantitative estimate of drug-likeness (QED) is 0.715. The van der Waals surface area contributed by atoms with Crippen LogP contribution in [0.15, 0.2) is 67.0 Å². The molecule has 0 unspecified atom stereocenters. The third kappa shape index (κ3) is 2.59. The summed E-state index contributed by atoms with van der Waals surface area (Å²) >= 11 is 0. The first-order valence-corrected chi connectivity index (χ1v) is 10.6. The summed E-state index contributed by atoms with van der Waals surface area (Å²) in [6.45, 7) is 1.01. The zero-order chi connectivity index (χ0) is 21.0. The van der Waals surface area contributed by atoms with E-state index in [4.69, 9.17) is 4.74 Å². The van der Waals surface area contributed by atoms with E-state index < -0.39 is 5.72 Å². The van der Waals surface area contributed by atoms with Crippen LogP contribution in [-0.2, 0) is 9.53 Å². The first-order valence-electron chi connectivity index (χ1n) is 10.6. The van der Waals surface area contributed by atoms with Gasteiger partial charge in [-0.15, -0.1) is 0 Å². The Morgan fingerprint density at radius 3 is 2.74 bits per heavy atom. The first kappa shape index (κ1) is 18.3. The van der Waals surface area contributed by atoms with Crippen molar-refractivity contribution in [2.24, 2.45) is 0 Å². The summed E-state index contributed by atoms with van der Waals surface area (Å²) in [5, 5.41) is 0. The highest BCUT2D eigenvalue weighted by molar-refractivity contribution is 6.01. The monoisotopic (exact) mass is 414 g/mol. The number of ether oxygens (including phenoxy) is 1. The highest BCUT2D eigenvalue weighted by Crippen LogP contribution is 2.51. The number of aromatic amines is 1. The van der Waals surface area contributed by atoms with Crippen molar-refractivity contribution in [2.75, 3.05) is 13.2 Å². The van der Waals surface area contributed by atoms with Crippen molar-refractivity contribution in [3.63, 3.8) is 0 Å². The highest BCUT2D eigenvalue weighted by atomic mass is 16.5. The van der Waals surface area contributed by atoms with Crippen molar-refractivity contribution in [1.29, 1.82) is 0 Å². The number of imidazole rings is 1. The number of nitrogens with one attached hydrogen (secondary N) is 1. The third-order valence-corrected chi connectivity index (χ3v) is 6.81. The average molecular weight is 414 g/mol. The van der Waals surface area contributed by atoms with Gasteiger partial charge >= 0.3 is 0 Å². The first-order chi connectivity index (χ1) is 15.2. The van der Waals surface area contributed by atoms with Gasteiger partial charge in [-0.1, -0.05) is 48.5 Å². The molecule has 4 heterocycles. The summed E-state index contributed by atoms with van der Waals surface area (Å²) in [4.78, 5) is 37.9. The van der Waals surface area contributed by atoms with Gasteiger partial charge in [-0.05, 0) is 11.6 Å². The maximum Gasteiger partial charge on any atom is 0.255 e. The zero-order valence-electron chi connectivity index (χ0n) is 16.9. The molecule has 31 heavy (non-hydrogen) atoms. The van der Waals surface area contributed by atoms with Crippen molar-refractivity contribution >= 4 is 11.8 Å². The summed E-state index contributed by atoms with van der Waals surface area (Å²) in [6.07, 6.45) is 4.33. The van der Waals surface area contributed by atoms with E-state index in [1.165, 1.54) is 0 Å². The lowest BCUT2D eigenvalue weighted by atomic mass is 10.0. The SMILES string of the molecule is O=C(c1ccccc1-c1ncc[nH]1)N1CC[C@@]23OC[C@@H](c4ccccc4)N2C(=O)C[C@@H]13. The molecular weight excluding hydrogens is 392 g/mol. The van der Waals surface area contributed by atoms with Crippen molar-refractivity contribution in [3.8, 4) is 11.4 Å². The lowest BCUT2D eigenvalue weighted by Crippen LogP contribution is -2.49. The second-order valence-corrected chi connectivity index (χ2v) is 8.30. The number of carbonyl (C=O) groups excluding carboxylic acids is 2. The van der Waals surface area contributed by atoms with Crippen LogP contribution in [-0.4, -0.2) is 56.5 Å². The molecule has 7 heteroatoms. The molecule has 3 aliphatic heterocycles. The van der Waals surface area contributed by atoms with E-state index in [0.717, 1.165) is 11.1 Å². The molecular formula is C24H22N4O3. The van der Waals surface area contributed by atoms with Gasteiger partial charge in [0.2, 0.25) is 5.91 Å². The summed E-state index contributed by atoms with van der Waals surface area (Å²) in [7, 11) is 0. The van der Waals surface area contributed by atoms with Crippen LogP contribution >= 0.6 is 0 Å². The lowest BCUT2D eigenvalue weighted by molar-refractivity contribution is -0.138. The zero-order valence-corrected chi connectivity index (χ0v) is 16.9. The van der Waals surface area contributed by atoms with Crippen LogP contribution in [0, 0.1) is 0 Å². The van der Waals surface area contributed by atoms with E-state index in [-0.39, 0.29) is 30.3 Å². The number of hydrogen-bond acceptors (Lipinski definition) is 4. The molecule has 2 aromatic carbocycles. The number of carbonyl (C=O) groups is 2. The molecule has 3 fully saturated rings. The average Bonchev–Trinajstić information content (AvgIpc) is 3.57. The van der Waals surface area contributed by atoms with Crippen molar-refractivity contribution in [3.05, 3.63) is 78.1 Å². The Hall–Kier alpha value is -3.45. The van der Waals surface area contributed by atoms with Gasteiger partial charge in [0.15, 0.2) is 5.72 Å². The van der Waals surface area contributed by atoms with Gasteiger partial charge in [-0.2, -0.15) is 0 Å². The molecule has 156 valence electrons. The van der Waals surface area contributed by atoms with Crippen LogP contribution < -0.4 is 0 Å². The molecule has 0 aliphatic carbocycles. The fraction of sp³-hybridized carbons (Fsp3) is 0.292. The fourth-order valence-corrected chi connectivity index (χ4v) is 5.45. The number of rotatable bonds is 3. The van der Waals surface area contributed by atoms with Gasteiger partial charge < -0.3 is 19.5 Å². The highest BCUT2D eigenvalue weighted by Gasteiger charge is 2.65. The Morgan fingerprint density at radius 1 is 1.13 bits per heavy atom. The number of hydrogen-bond donors (Lipinski definition) is 1. The molecule has 3 atom stereocenters. The molecule has 1 spiro atoms. The summed E-state index contributed by atoms with van der Waals surface area (Å²) in [5.41, 5.74) is 1.68. The van der Waals surface area contributed by atoms with Crippen LogP contribution in [0.25, 0.3) is 11.4 Å². The Kier molecular flexibility index (Phi) is 4.01. The van der Waals surface area contributed by atoms with Crippen molar-refractivity contribution < 1.29 is 14.3 Å². The van der Waals surface area contributed by atoms with Gasteiger partial charge in [-0.3, -0.25) is 9.59 Å². The maximum absolute atomic E-state index is 13.6. The molecule has 2 amide bonds. The molecule has 7 nitrogen and oxygen atoms in total. The summed E-state index contributed by atoms with van der Waals surface area (Å²) in [6, 6.07) is 17.1. The second kappa shape index (κ2) is 6.78. The van der Waals surface area contributed by atoms with Gasteiger partial charge in [-0.25, -0.2) is 4.98 Å². The molecule has 0 bridgehead atoms. The van der Waals surface area contributed by atoms with E-state index in [2.05, 4.69) is 9.97 Å². The normalized spacial score (nSPS) is 26.9. The molecule has 0 saturated carbocycles. The molecule has 3 aliphatic rings. The molecule has 1 N–H and O–H groups in total. The van der Waals surface area contributed by atoms with E-state index in [0.29, 0.717) is 31.0 Å². The standard InChI is InChI=1S/C24H22N4O3/c29-21-14-20-24(28(21)19(15-31-24)16-6-2-1-3-7-16)10-13-27(20)23(30)18-9-5-4-8-17(18)22-25-11-12-26-22/h1-9,11-12,19-20H,10,13-15H2,(H,25,26)/t19-,20+,24-/m0/s1. The molecule has 3 aromatic rings. The largest absolute Gasteiger partial charge is 0.351 e. The van der Waals surface area contributed by atoms with E-state index in [1.807, 2.05) is 64.4 Å². The number of amides is 2. The Morgan fingerprint density at radius 2 is 1.94 bits per heavy atom. The van der Waals surface area contributed by atoms with Crippen LogP contribution in [0.4, 0.5) is 0 Å². The molecule has 3 saturated heterocycles. The van der Waals surface area contributed by atoms with Crippen LogP contribution in [0.5, 0.6) is 0 Å². The predicted molar refractivity (Wildman–Crippen MR) is 113 cm³/mol. The van der Waals surface area contributed by atoms with E-state index >= 15 is 0 Å². The van der Waals surface area contributed by atoms with E-state index in [9.17, 15) is 9.59 Å². The fourth-order valence-electron chi connectivity index (χ4n) is 5.45. The van der Waals surface area contributed by atoms with Crippen LogP contribution in [0.1, 0.15) is 34.8 Å². The van der Waals surface area contributed by atoms with Crippen molar-refractivity contribution in [2.45, 2.75) is 30.7 Å². The summed E-state index contributed by atoms with van der Waals surface area (Å²) < 4.78 is 6.34. The molecule has 6 rings (SSSR count). The topological polar surface area (TPSA) is 78.5 Å². The van der Waals surface area contributed by atoms with Gasteiger partial charge in [0.1, 0.15) is 5.82 Å². The number of likely N-dealkylation sites (tertiary alicyclic amines) is 1. The summed E-state index contributed by atoms with van der Waals surface area (Å²) in [5.74, 6) is 0.617. The van der Waals surface area contributed by atoms with Gasteiger partial charge in [0, 0.05) is 30.9 Å². The van der Waals surface area contributed by atoms with Crippen LogP contribution in [0.2, 0.25) is 0 Å². The second-order valence-electron chi connectivity index (χ2n) is 8.30. The van der Waals surface area contributed by atoms with Crippen LogP contribution in [0.3, 0.4) is 0 Å². The maximum atomic E-state index is 13.6. The Labute approximate surface area is 179 Å². The number of nitrogens with zero attached hydrogens (tertiary/aromatic N) is 3. The minimum absolute atomic E-state index is 0.0492. The number of H-pyrrole nitrogens is 1. The Bertz CT molecular complexity index is 1150. The number of benzene rings is 2. The Balaban J connectivity index is 1.34. The minimum Gasteiger partial charge on any atom is -0.351 e. The predicted octanol–water partition coefficient (Wildman–Crippen LogP) is 2.99. The lowest BCUT2D eigenvalue weighted by Gasteiger charge is -2.33. The van der Waals surface area contributed by atoms with Gasteiger partial charge in [0.25, 0.3) is 5.91 Å². The van der Waals surface area contributed by atoms with E-state index in [1.54, 1.807) is 12.4 Å². The minimum atomic E-state index is -0.729. The molecule has 0 radical (unpaired) electrons. The molecule has 1 aromatic heterocycles. The van der Waals surface area contributed by atoms with Gasteiger partial charge in [0.05, 0.1) is 30.7 Å². The third-order valence-electron chi connectivity index (χ3n) is 6.81. The smallest absolute Gasteiger partial charge is 0.255 e. The number of aromatic nitrogens is 2. The van der Waals surface area contributed by atoms with Crippen molar-refractivity contribution in [1.82, 2.24) is 19.8 Å².